The number of pyridine rings is 1. The third kappa shape index (κ3) is 4.58. The molecule has 1 fully saturated rings. The fourth-order valence-corrected chi connectivity index (χ4v) is 4.82. The normalized spacial score (nSPS) is 15.3. The fraction of sp³-hybridized carbons (Fsp3) is 0.321. The second kappa shape index (κ2) is 10.3. The summed E-state index contributed by atoms with van der Waals surface area (Å²) in [5.41, 5.74) is 3.37. The first-order valence-electron chi connectivity index (χ1n) is 12.2. The summed E-state index contributed by atoms with van der Waals surface area (Å²) in [4.78, 5) is 20.1. The number of carbonyl (C=O) groups excluding carboxylic acids is 1. The number of amides is 1. The molecule has 1 atom stereocenters. The van der Waals surface area contributed by atoms with Gasteiger partial charge in [-0.25, -0.2) is 9.67 Å². The highest BCUT2D eigenvalue weighted by Crippen LogP contribution is 2.34. The number of rotatable bonds is 8. The van der Waals surface area contributed by atoms with E-state index in [0.717, 1.165) is 53.1 Å². The van der Waals surface area contributed by atoms with E-state index in [2.05, 4.69) is 22.2 Å². The third-order valence-corrected chi connectivity index (χ3v) is 6.63. The molecule has 2 aromatic heterocycles. The lowest BCUT2D eigenvalue weighted by molar-refractivity contribution is 0.0735. The Kier molecular flexibility index (Phi) is 6.75. The molecule has 0 saturated carbocycles. The molecule has 8 nitrogen and oxygen atoms in total. The molecule has 1 aliphatic heterocycles. The van der Waals surface area contributed by atoms with E-state index < -0.39 is 0 Å². The standard InChI is InChI=1S/C28H30N4O4/c1-4-36-23-10-7-19(8-11-23)25-6-5-13-31(25)28(33)22-14-21-17-30-32(27(21)29-16-22)18-20-9-12-24(34-2)15-26(20)35-3/h7-12,14-17,25H,4-6,13,18H2,1-3H3. The van der Waals surface area contributed by atoms with Crippen molar-refractivity contribution in [3.05, 3.63) is 77.6 Å². The summed E-state index contributed by atoms with van der Waals surface area (Å²) in [5.74, 6) is 2.29. The zero-order valence-corrected chi connectivity index (χ0v) is 20.8. The zero-order valence-electron chi connectivity index (χ0n) is 20.8. The van der Waals surface area contributed by atoms with Gasteiger partial charge in [-0.2, -0.15) is 5.10 Å². The number of hydrogen-bond acceptors (Lipinski definition) is 6. The van der Waals surface area contributed by atoms with Crippen molar-refractivity contribution < 1.29 is 19.0 Å². The van der Waals surface area contributed by atoms with E-state index in [9.17, 15) is 4.79 Å². The summed E-state index contributed by atoms with van der Waals surface area (Å²) in [7, 11) is 3.26. The highest BCUT2D eigenvalue weighted by atomic mass is 16.5. The predicted molar refractivity (Wildman–Crippen MR) is 137 cm³/mol. The molecule has 186 valence electrons. The van der Waals surface area contributed by atoms with Gasteiger partial charge in [-0.05, 0) is 55.7 Å². The molecule has 0 N–H and O–H groups in total. The van der Waals surface area contributed by atoms with Gasteiger partial charge >= 0.3 is 0 Å². The van der Waals surface area contributed by atoms with Gasteiger partial charge in [0.1, 0.15) is 17.2 Å². The number of ether oxygens (including phenoxy) is 3. The van der Waals surface area contributed by atoms with E-state index >= 15 is 0 Å². The Hall–Kier alpha value is -4.07. The maximum Gasteiger partial charge on any atom is 0.255 e. The molecular weight excluding hydrogens is 456 g/mol. The first-order chi connectivity index (χ1) is 17.6. The van der Waals surface area contributed by atoms with Gasteiger partial charge in [-0.1, -0.05) is 12.1 Å². The number of aromatic nitrogens is 3. The van der Waals surface area contributed by atoms with Crippen LogP contribution in [0.3, 0.4) is 0 Å². The van der Waals surface area contributed by atoms with Crippen LogP contribution >= 0.6 is 0 Å². The summed E-state index contributed by atoms with van der Waals surface area (Å²) >= 11 is 0. The van der Waals surface area contributed by atoms with Gasteiger partial charge in [-0.3, -0.25) is 4.79 Å². The number of carbonyl (C=O) groups is 1. The fourth-order valence-electron chi connectivity index (χ4n) is 4.82. The van der Waals surface area contributed by atoms with Gasteiger partial charge in [0.15, 0.2) is 5.65 Å². The molecule has 0 aliphatic carbocycles. The number of fused-ring (bicyclic) bond motifs is 1. The molecule has 0 spiro atoms. The van der Waals surface area contributed by atoms with Crippen LogP contribution in [-0.2, 0) is 6.54 Å². The van der Waals surface area contributed by atoms with Crippen molar-refractivity contribution in [1.82, 2.24) is 19.7 Å². The molecular formula is C28H30N4O4. The number of nitrogens with zero attached hydrogens (tertiary/aromatic N) is 4. The van der Waals surface area contributed by atoms with Crippen LogP contribution in [0.15, 0.2) is 60.9 Å². The molecule has 0 bridgehead atoms. The van der Waals surface area contributed by atoms with Gasteiger partial charge in [0.25, 0.3) is 5.91 Å². The minimum Gasteiger partial charge on any atom is -0.497 e. The van der Waals surface area contributed by atoms with Crippen molar-refractivity contribution in [3.8, 4) is 17.2 Å². The minimum atomic E-state index is -0.00893. The maximum atomic E-state index is 13.5. The first-order valence-corrected chi connectivity index (χ1v) is 12.2. The topological polar surface area (TPSA) is 78.7 Å². The van der Waals surface area contributed by atoms with Crippen LogP contribution in [0.25, 0.3) is 11.0 Å². The van der Waals surface area contributed by atoms with E-state index in [4.69, 9.17) is 14.2 Å². The van der Waals surface area contributed by atoms with E-state index in [1.165, 1.54) is 0 Å². The number of benzene rings is 2. The molecule has 5 rings (SSSR count). The quantitative estimate of drug-likeness (QED) is 0.354. The Balaban J connectivity index is 1.36. The molecule has 3 heterocycles. The molecule has 36 heavy (non-hydrogen) atoms. The zero-order chi connectivity index (χ0) is 25.1. The minimum absolute atomic E-state index is 0.00893. The molecule has 1 aliphatic rings. The summed E-state index contributed by atoms with van der Waals surface area (Å²) in [6, 6.07) is 15.7. The van der Waals surface area contributed by atoms with Crippen molar-refractivity contribution in [3.63, 3.8) is 0 Å². The Morgan fingerprint density at radius 2 is 1.83 bits per heavy atom. The number of hydrogen-bond donors (Lipinski definition) is 0. The Bertz CT molecular complexity index is 1370. The smallest absolute Gasteiger partial charge is 0.255 e. The summed E-state index contributed by atoms with van der Waals surface area (Å²) in [6.45, 7) is 3.82. The molecule has 1 saturated heterocycles. The second-order valence-electron chi connectivity index (χ2n) is 8.78. The Labute approximate surface area is 210 Å². The van der Waals surface area contributed by atoms with Gasteiger partial charge in [0.05, 0.1) is 45.2 Å². The van der Waals surface area contributed by atoms with Crippen LogP contribution in [0.2, 0.25) is 0 Å². The van der Waals surface area contributed by atoms with E-state index in [1.807, 2.05) is 52.9 Å². The van der Waals surface area contributed by atoms with E-state index in [0.29, 0.717) is 24.4 Å². The van der Waals surface area contributed by atoms with Gasteiger partial charge in [0, 0.05) is 29.8 Å². The highest BCUT2D eigenvalue weighted by Gasteiger charge is 2.31. The molecule has 4 aromatic rings. The molecule has 2 aromatic carbocycles. The lowest BCUT2D eigenvalue weighted by Crippen LogP contribution is -2.30. The van der Waals surface area contributed by atoms with E-state index in [-0.39, 0.29) is 11.9 Å². The van der Waals surface area contributed by atoms with Crippen LogP contribution in [0.5, 0.6) is 17.2 Å². The number of methoxy groups -OCH3 is 2. The highest BCUT2D eigenvalue weighted by molar-refractivity contribution is 5.97. The largest absolute Gasteiger partial charge is 0.497 e. The summed E-state index contributed by atoms with van der Waals surface area (Å²) in [5, 5.41) is 5.35. The van der Waals surface area contributed by atoms with Crippen molar-refractivity contribution in [2.45, 2.75) is 32.4 Å². The Morgan fingerprint density at radius 3 is 2.58 bits per heavy atom. The van der Waals surface area contributed by atoms with Crippen LogP contribution < -0.4 is 14.2 Å². The van der Waals surface area contributed by atoms with Gasteiger partial charge in [0.2, 0.25) is 0 Å². The van der Waals surface area contributed by atoms with Crippen molar-refractivity contribution in [2.24, 2.45) is 0 Å². The van der Waals surface area contributed by atoms with Crippen LogP contribution in [0.1, 0.15) is 47.3 Å². The SMILES string of the molecule is CCOc1ccc(C2CCCN2C(=O)c2cnc3c(cnn3Cc3ccc(OC)cc3OC)c2)cc1. The van der Waals surface area contributed by atoms with Crippen molar-refractivity contribution in [1.29, 1.82) is 0 Å². The molecule has 1 unspecified atom stereocenters. The van der Waals surface area contributed by atoms with Crippen molar-refractivity contribution in [2.75, 3.05) is 27.4 Å². The third-order valence-electron chi connectivity index (χ3n) is 6.63. The van der Waals surface area contributed by atoms with Crippen molar-refractivity contribution >= 4 is 16.9 Å². The number of likely N-dealkylation sites (tertiary alicyclic amines) is 1. The lowest BCUT2D eigenvalue weighted by Gasteiger charge is -2.25. The predicted octanol–water partition coefficient (Wildman–Crippen LogP) is 4.87. The van der Waals surface area contributed by atoms with Crippen LogP contribution in [0.4, 0.5) is 0 Å². The van der Waals surface area contributed by atoms with Gasteiger partial charge < -0.3 is 19.1 Å². The molecule has 8 heteroatoms. The lowest BCUT2D eigenvalue weighted by atomic mass is 10.0. The summed E-state index contributed by atoms with van der Waals surface area (Å²) < 4.78 is 18.2. The maximum absolute atomic E-state index is 13.5. The van der Waals surface area contributed by atoms with Crippen LogP contribution in [0, 0.1) is 0 Å². The average molecular weight is 487 g/mol. The first kappa shape index (κ1) is 23.7. The molecule has 1 amide bonds. The van der Waals surface area contributed by atoms with Gasteiger partial charge in [-0.15, -0.1) is 0 Å². The second-order valence-corrected chi connectivity index (χ2v) is 8.78. The average Bonchev–Trinajstić information content (AvgIpc) is 3.56. The van der Waals surface area contributed by atoms with E-state index in [1.54, 1.807) is 26.6 Å². The molecule has 0 radical (unpaired) electrons. The monoisotopic (exact) mass is 486 g/mol. The summed E-state index contributed by atoms with van der Waals surface area (Å²) in [6.07, 6.45) is 5.32. The Morgan fingerprint density at radius 1 is 1.03 bits per heavy atom. The van der Waals surface area contributed by atoms with Crippen LogP contribution in [-0.4, -0.2) is 52.9 Å².